The number of halogens is 2. The Kier molecular flexibility index (Phi) is 2.97. The minimum Gasteiger partial charge on any atom is -0.505 e. The van der Waals surface area contributed by atoms with Crippen molar-refractivity contribution in [2.45, 2.75) is 20.8 Å². The van der Waals surface area contributed by atoms with Crippen molar-refractivity contribution < 1.29 is 5.11 Å². The van der Waals surface area contributed by atoms with Crippen LogP contribution in [0.3, 0.4) is 0 Å². The zero-order valence-corrected chi connectivity index (χ0v) is 12.4. The van der Waals surface area contributed by atoms with Crippen LogP contribution >= 0.6 is 31.9 Å². The van der Waals surface area contributed by atoms with E-state index in [4.69, 9.17) is 0 Å². The summed E-state index contributed by atoms with van der Waals surface area (Å²) in [6.45, 7) is 6.04. The molecule has 1 aromatic heterocycles. The number of fused-ring (bicyclic) bond motifs is 1. The number of hydrogen-bond donors (Lipinski definition) is 1. The van der Waals surface area contributed by atoms with Crippen LogP contribution in [0.25, 0.3) is 10.9 Å². The third-order valence-corrected chi connectivity index (χ3v) is 4.17. The number of phenolic OH excluding ortho intramolecular Hbond substituents is 1. The third kappa shape index (κ3) is 1.64. The van der Waals surface area contributed by atoms with Crippen LogP contribution in [0.15, 0.2) is 15.0 Å². The van der Waals surface area contributed by atoms with Gasteiger partial charge < -0.3 is 5.11 Å². The van der Waals surface area contributed by atoms with E-state index in [1.165, 1.54) is 0 Å². The highest BCUT2D eigenvalue weighted by Crippen LogP contribution is 2.39. The Bertz CT molecular complexity index is 594. The molecule has 0 spiro atoms. The molecule has 1 N–H and O–H groups in total. The Labute approximate surface area is 111 Å². The molecule has 0 saturated carbocycles. The van der Waals surface area contributed by atoms with Crippen molar-refractivity contribution in [2.75, 3.05) is 0 Å². The summed E-state index contributed by atoms with van der Waals surface area (Å²) in [4.78, 5) is 4.45. The molecule has 1 aromatic carbocycles. The average molecular weight is 345 g/mol. The molecule has 0 bridgehead atoms. The molecule has 4 heteroatoms. The lowest BCUT2D eigenvalue weighted by Gasteiger charge is -2.12. The molecule has 0 amide bonds. The van der Waals surface area contributed by atoms with E-state index in [0.717, 1.165) is 26.7 Å². The van der Waals surface area contributed by atoms with Gasteiger partial charge in [0.05, 0.1) is 4.47 Å². The van der Waals surface area contributed by atoms with Crippen LogP contribution < -0.4 is 0 Å². The fourth-order valence-electron chi connectivity index (χ4n) is 1.77. The van der Waals surface area contributed by atoms with Gasteiger partial charge in [-0.25, -0.2) is 4.98 Å². The number of nitrogens with zero attached hydrogens (tertiary/aromatic N) is 1. The molecule has 0 aliphatic heterocycles. The lowest BCUT2D eigenvalue weighted by atomic mass is 10.0. The fourth-order valence-corrected chi connectivity index (χ4v) is 3.21. The molecular formula is C12H11Br2NO. The summed E-state index contributed by atoms with van der Waals surface area (Å²) in [6, 6.07) is 1.85. The first-order chi connectivity index (χ1) is 7.43. The number of aromatic hydroxyl groups is 1. The number of hydrogen-bond acceptors (Lipinski definition) is 2. The molecule has 0 atom stereocenters. The Balaban J connectivity index is 3.07. The zero-order valence-electron chi connectivity index (χ0n) is 9.23. The molecule has 0 aliphatic carbocycles. The van der Waals surface area contributed by atoms with E-state index in [0.29, 0.717) is 9.99 Å². The summed E-state index contributed by atoms with van der Waals surface area (Å²) in [6.07, 6.45) is 0. The SMILES string of the molecule is Cc1nc2c(O)c(Br)cc(Br)c2c(C)c1C. The van der Waals surface area contributed by atoms with Gasteiger partial charge in [-0.15, -0.1) is 0 Å². The highest BCUT2D eigenvalue weighted by atomic mass is 79.9. The summed E-state index contributed by atoms with van der Waals surface area (Å²) in [7, 11) is 0. The zero-order chi connectivity index (χ0) is 12.0. The summed E-state index contributed by atoms with van der Waals surface area (Å²) in [5, 5.41) is 11.0. The molecule has 2 rings (SSSR count). The minimum atomic E-state index is 0.199. The van der Waals surface area contributed by atoms with Gasteiger partial charge in [0, 0.05) is 15.6 Å². The summed E-state index contributed by atoms with van der Waals surface area (Å²) >= 11 is 6.83. The van der Waals surface area contributed by atoms with Crippen molar-refractivity contribution in [3.63, 3.8) is 0 Å². The molecule has 2 nitrogen and oxygen atoms in total. The molecule has 0 radical (unpaired) electrons. The Hall–Kier alpha value is -0.610. The molecule has 1 heterocycles. The van der Waals surface area contributed by atoms with Gasteiger partial charge in [0.25, 0.3) is 0 Å². The molecule has 0 fully saturated rings. The quantitative estimate of drug-likeness (QED) is 0.768. The van der Waals surface area contributed by atoms with Crippen LogP contribution in [-0.4, -0.2) is 10.1 Å². The second kappa shape index (κ2) is 4.00. The molecule has 16 heavy (non-hydrogen) atoms. The van der Waals surface area contributed by atoms with Gasteiger partial charge >= 0.3 is 0 Å². The maximum atomic E-state index is 9.99. The first-order valence-corrected chi connectivity index (χ1v) is 6.46. The maximum absolute atomic E-state index is 9.99. The minimum absolute atomic E-state index is 0.199. The smallest absolute Gasteiger partial charge is 0.156 e. The summed E-state index contributed by atoms with van der Waals surface area (Å²) < 4.78 is 1.60. The maximum Gasteiger partial charge on any atom is 0.156 e. The molecule has 0 unspecified atom stereocenters. The summed E-state index contributed by atoms with van der Waals surface area (Å²) in [5.74, 6) is 0.199. The van der Waals surface area contributed by atoms with Gasteiger partial charge in [-0.1, -0.05) is 15.9 Å². The van der Waals surface area contributed by atoms with E-state index in [-0.39, 0.29) is 5.75 Å². The van der Waals surface area contributed by atoms with E-state index in [2.05, 4.69) is 36.8 Å². The number of rotatable bonds is 0. The van der Waals surface area contributed by atoms with Gasteiger partial charge in [0.2, 0.25) is 0 Å². The second-order valence-corrected chi connectivity index (χ2v) is 5.57. The van der Waals surface area contributed by atoms with Gasteiger partial charge in [-0.2, -0.15) is 0 Å². The van der Waals surface area contributed by atoms with Crippen LogP contribution in [0.1, 0.15) is 16.8 Å². The number of pyridine rings is 1. The predicted octanol–water partition coefficient (Wildman–Crippen LogP) is 4.39. The Morgan fingerprint density at radius 3 is 2.31 bits per heavy atom. The van der Waals surface area contributed by atoms with E-state index in [9.17, 15) is 5.11 Å². The van der Waals surface area contributed by atoms with Crippen LogP contribution in [0, 0.1) is 20.8 Å². The van der Waals surface area contributed by atoms with Crippen molar-refractivity contribution in [3.8, 4) is 5.75 Å². The van der Waals surface area contributed by atoms with Crippen LogP contribution in [0.2, 0.25) is 0 Å². The van der Waals surface area contributed by atoms with Crippen molar-refractivity contribution in [1.29, 1.82) is 0 Å². The molecule has 0 saturated heterocycles. The highest BCUT2D eigenvalue weighted by molar-refractivity contribution is 9.11. The van der Waals surface area contributed by atoms with Crippen LogP contribution in [0.5, 0.6) is 5.75 Å². The first kappa shape index (κ1) is 11.9. The Morgan fingerprint density at radius 1 is 1.06 bits per heavy atom. The number of phenols is 1. The number of aromatic nitrogens is 1. The van der Waals surface area contributed by atoms with E-state index < -0.39 is 0 Å². The van der Waals surface area contributed by atoms with Gasteiger partial charge in [-0.3, -0.25) is 0 Å². The lowest BCUT2D eigenvalue weighted by Crippen LogP contribution is -1.95. The van der Waals surface area contributed by atoms with E-state index in [1.54, 1.807) is 0 Å². The Morgan fingerprint density at radius 2 is 1.69 bits per heavy atom. The monoisotopic (exact) mass is 343 g/mol. The highest BCUT2D eigenvalue weighted by Gasteiger charge is 2.14. The van der Waals surface area contributed by atoms with E-state index >= 15 is 0 Å². The van der Waals surface area contributed by atoms with Gasteiger partial charge in [0.15, 0.2) is 5.75 Å². The molecule has 2 aromatic rings. The summed E-state index contributed by atoms with van der Waals surface area (Å²) in [5.41, 5.74) is 3.90. The number of benzene rings is 1. The van der Waals surface area contributed by atoms with Crippen molar-refractivity contribution in [2.24, 2.45) is 0 Å². The number of aryl methyl sites for hydroxylation is 2. The second-order valence-electron chi connectivity index (χ2n) is 3.86. The van der Waals surface area contributed by atoms with Crippen LogP contribution in [0.4, 0.5) is 0 Å². The molecule has 0 aliphatic rings. The third-order valence-electron chi connectivity index (χ3n) is 2.94. The van der Waals surface area contributed by atoms with Crippen molar-refractivity contribution >= 4 is 42.8 Å². The first-order valence-electron chi connectivity index (χ1n) is 4.88. The largest absolute Gasteiger partial charge is 0.505 e. The normalized spacial score (nSPS) is 11.1. The fraction of sp³-hybridized carbons (Fsp3) is 0.250. The van der Waals surface area contributed by atoms with E-state index in [1.807, 2.05) is 26.8 Å². The molecule has 84 valence electrons. The van der Waals surface area contributed by atoms with Crippen LogP contribution in [-0.2, 0) is 0 Å². The lowest BCUT2D eigenvalue weighted by molar-refractivity contribution is 0.477. The average Bonchev–Trinajstić information content (AvgIpc) is 2.22. The van der Waals surface area contributed by atoms with Crippen molar-refractivity contribution in [3.05, 3.63) is 31.8 Å². The van der Waals surface area contributed by atoms with Gasteiger partial charge in [0.1, 0.15) is 5.52 Å². The van der Waals surface area contributed by atoms with Crippen molar-refractivity contribution in [1.82, 2.24) is 4.98 Å². The van der Waals surface area contributed by atoms with Gasteiger partial charge in [-0.05, 0) is 53.9 Å². The molecular weight excluding hydrogens is 334 g/mol. The standard InChI is InChI=1S/C12H11Br2NO/c1-5-6(2)10-8(13)4-9(14)12(16)11(10)15-7(5)3/h4,16H,1-3H3. The predicted molar refractivity (Wildman–Crippen MR) is 73.0 cm³/mol. The topological polar surface area (TPSA) is 33.1 Å².